The molecule has 10 nitrogen and oxygen atoms in total. The molecule has 5 N–H and O–H groups in total. The van der Waals surface area contributed by atoms with Gasteiger partial charge in [0.05, 0.1) is 6.04 Å². The summed E-state index contributed by atoms with van der Waals surface area (Å²) in [7, 11) is 0. The van der Waals surface area contributed by atoms with E-state index in [-0.39, 0.29) is 36.5 Å². The van der Waals surface area contributed by atoms with E-state index in [2.05, 4.69) is 16.0 Å². The van der Waals surface area contributed by atoms with Crippen LogP contribution in [0, 0.1) is 0 Å². The number of phenols is 2. The van der Waals surface area contributed by atoms with Crippen LogP contribution in [0.3, 0.4) is 0 Å². The molecule has 182 valence electrons. The number of nitrogens with one attached hydrogen (secondary N) is 3. The highest BCUT2D eigenvalue weighted by Gasteiger charge is 2.24. The Morgan fingerprint density at radius 1 is 0.909 bits per heavy atom. The van der Waals surface area contributed by atoms with Crippen LogP contribution in [0.25, 0.3) is 0 Å². The molecular formula is C23H33N3O7. The topological polar surface area (TPSA) is 162 Å². The third kappa shape index (κ3) is 9.30. The van der Waals surface area contributed by atoms with E-state index in [0.29, 0.717) is 12.0 Å². The quantitative estimate of drug-likeness (QED) is 0.166. The van der Waals surface area contributed by atoms with Gasteiger partial charge in [0, 0.05) is 24.8 Å². The van der Waals surface area contributed by atoms with Crippen LogP contribution < -0.4 is 16.0 Å². The van der Waals surface area contributed by atoms with Gasteiger partial charge in [0.1, 0.15) is 29.9 Å². The lowest BCUT2D eigenvalue weighted by atomic mass is 9.96. The average Bonchev–Trinajstić information content (AvgIpc) is 2.74. The van der Waals surface area contributed by atoms with Crippen molar-refractivity contribution in [1.82, 2.24) is 16.0 Å². The number of carbonyl (C=O) groups excluding carboxylic acids is 5. The van der Waals surface area contributed by atoms with E-state index < -0.39 is 41.8 Å². The maximum atomic E-state index is 12.4. The van der Waals surface area contributed by atoms with Crippen molar-refractivity contribution in [3.8, 4) is 11.5 Å². The monoisotopic (exact) mass is 463 g/mol. The Bertz CT molecular complexity index is 872. The normalized spacial score (nSPS) is 14.3. The van der Waals surface area contributed by atoms with Gasteiger partial charge in [0.15, 0.2) is 5.78 Å². The predicted octanol–water partition coefficient (Wildman–Crippen LogP) is 1.04. The van der Waals surface area contributed by atoms with Crippen LogP contribution >= 0.6 is 0 Å². The van der Waals surface area contributed by atoms with Gasteiger partial charge in [0.25, 0.3) is 0 Å². The largest absolute Gasteiger partial charge is 0.508 e. The number of rotatable bonds is 13. The first-order valence-electron chi connectivity index (χ1n) is 10.8. The second kappa shape index (κ2) is 13.2. The third-order valence-electron chi connectivity index (χ3n) is 5.14. The lowest BCUT2D eigenvalue weighted by Gasteiger charge is -2.21. The summed E-state index contributed by atoms with van der Waals surface area (Å²) in [4.78, 5) is 59.2. The Kier molecular flexibility index (Phi) is 11.0. The fourth-order valence-corrected chi connectivity index (χ4v) is 3.09. The SMILES string of the molecule is CC(NC(=O)C(C)NC(=O)C(C)NC(=O)CC(C)c1cc(O)ccc1O)C(=O)CCCC=O. The Balaban J connectivity index is 2.52. The molecule has 4 atom stereocenters. The number of unbranched alkanes of at least 4 members (excludes halogenated alkanes) is 1. The Hall–Kier alpha value is -3.43. The summed E-state index contributed by atoms with van der Waals surface area (Å²) < 4.78 is 0. The van der Waals surface area contributed by atoms with Crippen molar-refractivity contribution < 1.29 is 34.2 Å². The minimum absolute atomic E-state index is 0.0333. The van der Waals surface area contributed by atoms with Gasteiger partial charge >= 0.3 is 0 Å². The second-order valence-corrected chi connectivity index (χ2v) is 8.12. The fraction of sp³-hybridized carbons (Fsp3) is 0.522. The van der Waals surface area contributed by atoms with E-state index >= 15 is 0 Å². The molecule has 0 spiro atoms. The van der Waals surface area contributed by atoms with Gasteiger partial charge in [-0.2, -0.15) is 0 Å². The third-order valence-corrected chi connectivity index (χ3v) is 5.14. The van der Waals surface area contributed by atoms with Crippen LogP contribution in [-0.2, 0) is 24.0 Å². The maximum absolute atomic E-state index is 12.4. The molecule has 0 aromatic heterocycles. The summed E-state index contributed by atoms with van der Waals surface area (Å²) in [6.45, 7) is 6.15. The standard InChI is InChI=1S/C23H33N3O7/c1-13(18-12-17(28)8-9-20(18)30)11-21(31)24-15(3)22(32)26-16(4)23(33)25-14(2)19(29)7-5-6-10-27/h8-10,12-16,28,30H,5-7,11H2,1-4H3,(H,24,31)(H,25,33)(H,26,32). The molecule has 0 saturated heterocycles. The molecule has 0 aliphatic heterocycles. The Labute approximate surface area is 193 Å². The fourth-order valence-electron chi connectivity index (χ4n) is 3.09. The van der Waals surface area contributed by atoms with Crippen molar-refractivity contribution in [3.05, 3.63) is 23.8 Å². The van der Waals surface area contributed by atoms with Crippen LogP contribution in [0.2, 0.25) is 0 Å². The van der Waals surface area contributed by atoms with E-state index in [4.69, 9.17) is 0 Å². The number of hydrogen-bond donors (Lipinski definition) is 5. The van der Waals surface area contributed by atoms with Crippen molar-refractivity contribution in [1.29, 1.82) is 0 Å². The van der Waals surface area contributed by atoms with E-state index in [0.717, 1.165) is 6.29 Å². The summed E-state index contributed by atoms with van der Waals surface area (Å²) in [6, 6.07) is 1.42. The number of aromatic hydroxyl groups is 2. The number of benzene rings is 1. The van der Waals surface area contributed by atoms with Crippen LogP contribution in [0.1, 0.15) is 64.9 Å². The first-order valence-corrected chi connectivity index (χ1v) is 10.8. The highest BCUT2D eigenvalue weighted by atomic mass is 16.3. The number of hydrogen-bond acceptors (Lipinski definition) is 7. The van der Waals surface area contributed by atoms with Crippen molar-refractivity contribution in [2.45, 2.75) is 77.4 Å². The molecule has 33 heavy (non-hydrogen) atoms. The lowest BCUT2D eigenvalue weighted by molar-refractivity contribution is -0.132. The molecule has 0 aliphatic carbocycles. The van der Waals surface area contributed by atoms with Crippen LogP contribution in [-0.4, -0.2) is 58.1 Å². The first-order chi connectivity index (χ1) is 15.5. The highest BCUT2D eigenvalue weighted by Crippen LogP contribution is 2.30. The zero-order chi connectivity index (χ0) is 25.1. The van der Waals surface area contributed by atoms with E-state index in [9.17, 15) is 34.2 Å². The molecule has 1 rings (SSSR count). The van der Waals surface area contributed by atoms with Crippen molar-refractivity contribution >= 4 is 29.8 Å². The molecule has 4 unspecified atom stereocenters. The van der Waals surface area contributed by atoms with Gasteiger partial charge in [-0.1, -0.05) is 6.92 Å². The molecule has 10 heteroatoms. The van der Waals surface area contributed by atoms with Gasteiger partial charge in [-0.15, -0.1) is 0 Å². The lowest BCUT2D eigenvalue weighted by Crippen LogP contribution is -2.53. The summed E-state index contributed by atoms with van der Waals surface area (Å²) in [5.74, 6) is -2.28. The second-order valence-electron chi connectivity index (χ2n) is 8.12. The smallest absolute Gasteiger partial charge is 0.242 e. The van der Waals surface area contributed by atoms with Crippen molar-refractivity contribution in [2.24, 2.45) is 0 Å². The first kappa shape index (κ1) is 27.6. The molecule has 0 fully saturated rings. The van der Waals surface area contributed by atoms with Gasteiger partial charge in [-0.3, -0.25) is 19.2 Å². The maximum Gasteiger partial charge on any atom is 0.242 e. The number of aldehydes is 1. The number of amides is 3. The summed E-state index contributed by atoms with van der Waals surface area (Å²) >= 11 is 0. The molecule has 0 bridgehead atoms. The molecule has 1 aromatic carbocycles. The Morgan fingerprint density at radius 2 is 1.48 bits per heavy atom. The Morgan fingerprint density at radius 3 is 2.09 bits per heavy atom. The molecule has 0 radical (unpaired) electrons. The molecular weight excluding hydrogens is 430 g/mol. The minimum Gasteiger partial charge on any atom is -0.508 e. The molecule has 0 heterocycles. The van der Waals surface area contributed by atoms with Crippen LogP contribution in [0.4, 0.5) is 0 Å². The van der Waals surface area contributed by atoms with Crippen molar-refractivity contribution in [2.75, 3.05) is 0 Å². The molecule has 0 saturated carbocycles. The van der Waals surface area contributed by atoms with Gasteiger partial charge in [0.2, 0.25) is 17.7 Å². The van der Waals surface area contributed by atoms with E-state index in [1.54, 1.807) is 6.92 Å². The zero-order valence-corrected chi connectivity index (χ0v) is 19.4. The van der Waals surface area contributed by atoms with Gasteiger partial charge in [-0.25, -0.2) is 0 Å². The number of phenolic OH excluding ortho intramolecular Hbond substituents is 2. The zero-order valence-electron chi connectivity index (χ0n) is 19.4. The van der Waals surface area contributed by atoms with Crippen LogP contribution in [0.15, 0.2) is 18.2 Å². The number of carbonyl (C=O) groups is 5. The molecule has 3 amide bonds. The summed E-state index contributed by atoms with van der Waals surface area (Å²) in [5, 5.41) is 27.0. The number of Topliss-reactive ketones (excluding diaryl/α,β-unsaturated/α-hetero) is 1. The number of ketones is 1. The van der Waals surface area contributed by atoms with Crippen LogP contribution in [0.5, 0.6) is 11.5 Å². The van der Waals surface area contributed by atoms with Gasteiger partial charge in [-0.05, 0) is 51.3 Å². The van der Waals surface area contributed by atoms with Crippen molar-refractivity contribution in [3.63, 3.8) is 0 Å². The van der Waals surface area contributed by atoms with Gasteiger partial charge < -0.3 is 31.0 Å². The molecule has 0 aliphatic rings. The minimum atomic E-state index is -0.940. The van der Waals surface area contributed by atoms with E-state index in [1.165, 1.54) is 39.0 Å². The summed E-state index contributed by atoms with van der Waals surface area (Å²) in [5.41, 5.74) is 0.405. The average molecular weight is 464 g/mol. The molecule has 1 aromatic rings. The van der Waals surface area contributed by atoms with E-state index in [1.807, 2.05) is 0 Å². The highest BCUT2D eigenvalue weighted by molar-refractivity contribution is 5.94. The summed E-state index contributed by atoms with van der Waals surface area (Å²) in [6.07, 6.45) is 1.55. The predicted molar refractivity (Wildman–Crippen MR) is 121 cm³/mol.